The Morgan fingerprint density at radius 2 is 2.03 bits per heavy atom. The van der Waals surface area contributed by atoms with Gasteiger partial charge in [0.05, 0.1) is 23.1 Å². The van der Waals surface area contributed by atoms with Gasteiger partial charge in [0, 0.05) is 17.0 Å². The number of thiophene rings is 1. The maximum atomic E-state index is 12.1. The highest BCUT2D eigenvalue weighted by Gasteiger charge is 2.19. The van der Waals surface area contributed by atoms with E-state index in [1.165, 1.54) is 41.5 Å². The molecule has 1 amide bonds. The summed E-state index contributed by atoms with van der Waals surface area (Å²) < 4.78 is 0. The normalized spacial score (nSPS) is 13.4. The number of amides is 1. The van der Waals surface area contributed by atoms with Crippen LogP contribution >= 0.6 is 11.3 Å². The number of aromatic nitrogens is 2. The summed E-state index contributed by atoms with van der Waals surface area (Å²) in [5, 5.41) is 18.6. The van der Waals surface area contributed by atoms with E-state index < -0.39 is 4.92 Å². The van der Waals surface area contributed by atoms with Crippen LogP contribution in [0.2, 0.25) is 0 Å². The molecule has 1 aliphatic rings. The number of nitrogens with one attached hydrogen (secondary N) is 2. The molecule has 4 rings (SSSR count). The van der Waals surface area contributed by atoms with E-state index in [-0.39, 0.29) is 18.1 Å². The number of nitrogens with zero attached hydrogens (tertiary/aromatic N) is 4. The molecule has 0 saturated carbocycles. The van der Waals surface area contributed by atoms with Crippen molar-refractivity contribution < 1.29 is 9.72 Å². The fourth-order valence-electron chi connectivity index (χ4n) is 3.29. The maximum Gasteiger partial charge on any atom is 0.269 e. The fraction of sp³-hybridized carbons (Fsp3) is 0.263. The SMILES string of the molecule is O=C(CNc1ncnc2sc3c(c12)CCCC3)N/N=C/c1ccc([N+](=O)[O-])cc1. The van der Waals surface area contributed by atoms with Gasteiger partial charge in [-0.25, -0.2) is 15.4 Å². The van der Waals surface area contributed by atoms with Crippen molar-refractivity contribution in [3.8, 4) is 0 Å². The minimum Gasteiger partial charge on any atom is -0.360 e. The Morgan fingerprint density at radius 1 is 1.24 bits per heavy atom. The Hall–Kier alpha value is -3.40. The highest BCUT2D eigenvalue weighted by atomic mass is 32.1. The van der Waals surface area contributed by atoms with Gasteiger partial charge in [0.2, 0.25) is 0 Å². The Morgan fingerprint density at radius 3 is 2.83 bits per heavy atom. The Bertz CT molecular complexity index is 1090. The number of carbonyl (C=O) groups excluding carboxylic acids is 1. The lowest BCUT2D eigenvalue weighted by Crippen LogP contribution is -2.26. The number of rotatable bonds is 6. The van der Waals surface area contributed by atoms with Crippen LogP contribution in [0.5, 0.6) is 0 Å². The van der Waals surface area contributed by atoms with Gasteiger partial charge < -0.3 is 5.32 Å². The van der Waals surface area contributed by atoms with Crippen LogP contribution in [-0.2, 0) is 17.6 Å². The molecular weight excluding hydrogens is 392 g/mol. The Balaban J connectivity index is 1.37. The number of carbonyl (C=O) groups is 1. The summed E-state index contributed by atoms with van der Waals surface area (Å²) in [4.78, 5) is 33.3. The van der Waals surface area contributed by atoms with Crippen molar-refractivity contribution in [3.05, 3.63) is 56.7 Å². The van der Waals surface area contributed by atoms with Gasteiger partial charge in [0.1, 0.15) is 17.0 Å². The van der Waals surface area contributed by atoms with Crippen molar-refractivity contribution in [1.82, 2.24) is 15.4 Å². The van der Waals surface area contributed by atoms with E-state index in [0.29, 0.717) is 11.4 Å². The minimum atomic E-state index is -0.469. The number of anilines is 1. The molecule has 1 aromatic carbocycles. The molecule has 2 N–H and O–H groups in total. The molecule has 0 atom stereocenters. The van der Waals surface area contributed by atoms with E-state index in [1.54, 1.807) is 23.5 Å². The molecule has 0 unspecified atom stereocenters. The average molecular weight is 410 g/mol. The number of benzene rings is 1. The number of nitro benzene ring substituents is 1. The number of nitro groups is 1. The van der Waals surface area contributed by atoms with E-state index in [1.807, 2.05) is 0 Å². The number of hydrogen-bond acceptors (Lipinski definition) is 8. The van der Waals surface area contributed by atoms with Crippen LogP contribution in [0.1, 0.15) is 28.8 Å². The van der Waals surface area contributed by atoms with Gasteiger partial charge in [-0.15, -0.1) is 11.3 Å². The second-order valence-electron chi connectivity index (χ2n) is 6.61. The summed E-state index contributed by atoms with van der Waals surface area (Å²) in [7, 11) is 0. The number of hydrogen-bond donors (Lipinski definition) is 2. The van der Waals surface area contributed by atoms with Crippen molar-refractivity contribution >= 4 is 45.2 Å². The predicted molar refractivity (Wildman–Crippen MR) is 111 cm³/mol. The predicted octanol–water partition coefficient (Wildman–Crippen LogP) is 3.04. The molecule has 10 heteroatoms. The molecule has 0 spiro atoms. The van der Waals surface area contributed by atoms with Crippen molar-refractivity contribution in [2.24, 2.45) is 5.10 Å². The molecule has 29 heavy (non-hydrogen) atoms. The van der Waals surface area contributed by atoms with Gasteiger partial charge >= 0.3 is 0 Å². The maximum absolute atomic E-state index is 12.1. The van der Waals surface area contributed by atoms with E-state index in [2.05, 4.69) is 25.8 Å². The second-order valence-corrected chi connectivity index (χ2v) is 7.69. The van der Waals surface area contributed by atoms with E-state index in [0.717, 1.165) is 29.5 Å². The molecule has 148 valence electrons. The zero-order chi connectivity index (χ0) is 20.2. The number of hydrazone groups is 1. The average Bonchev–Trinajstić information content (AvgIpc) is 3.12. The van der Waals surface area contributed by atoms with Crippen molar-refractivity contribution in [2.75, 3.05) is 11.9 Å². The highest BCUT2D eigenvalue weighted by molar-refractivity contribution is 7.19. The lowest BCUT2D eigenvalue weighted by Gasteiger charge is -2.12. The van der Waals surface area contributed by atoms with E-state index in [9.17, 15) is 14.9 Å². The number of non-ortho nitro benzene ring substituents is 1. The summed E-state index contributed by atoms with van der Waals surface area (Å²) in [5.74, 6) is 0.350. The van der Waals surface area contributed by atoms with Crippen LogP contribution in [0, 0.1) is 10.1 Å². The van der Waals surface area contributed by atoms with Crippen molar-refractivity contribution in [1.29, 1.82) is 0 Å². The number of fused-ring (bicyclic) bond motifs is 3. The first-order valence-electron chi connectivity index (χ1n) is 9.17. The van der Waals surface area contributed by atoms with Crippen LogP contribution in [-0.4, -0.2) is 33.6 Å². The van der Waals surface area contributed by atoms with Gasteiger partial charge in [-0.1, -0.05) is 0 Å². The Labute approximate surface area is 170 Å². The lowest BCUT2D eigenvalue weighted by molar-refractivity contribution is -0.384. The summed E-state index contributed by atoms with van der Waals surface area (Å²) in [6, 6.07) is 5.88. The van der Waals surface area contributed by atoms with E-state index in [4.69, 9.17) is 0 Å². The van der Waals surface area contributed by atoms with Crippen LogP contribution in [0.25, 0.3) is 10.2 Å². The molecule has 0 saturated heterocycles. The highest BCUT2D eigenvalue weighted by Crippen LogP contribution is 2.37. The minimum absolute atomic E-state index is 0.00201. The van der Waals surface area contributed by atoms with Crippen LogP contribution in [0.3, 0.4) is 0 Å². The Kier molecular flexibility index (Phi) is 5.43. The summed E-state index contributed by atoms with van der Waals surface area (Å²) in [5.41, 5.74) is 4.38. The molecule has 0 radical (unpaired) electrons. The fourth-order valence-corrected chi connectivity index (χ4v) is 4.52. The van der Waals surface area contributed by atoms with Gasteiger partial charge in [0.25, 0.3) is 11.6 Å². The van der Waals surface area contributed by atoms with Crippen molar-refractivity contribution in [2.45, 2.75) is 25.7 Å². The molecule has 3 aromatic rings. The first-order valence-corrected chi connectivity index (χ1v) is 9.99. The van der Waals surface area contributed by atoms with Crippen LogP contribution < -0.4 is 10.7 Å². The third-order valence-electron chi connectivity index (χ3n) is 4.67. The van der Waals surface area contributed by atoms with Gasteiger partial charge in [-0.2, -0.15) is 5.10 Å². The zero-order valence-electron chi connectivity index (χ0n) is 15.4. The van der Waals surface area contributed by atoms with E-state index >= 15 is 0 Å². The molecule has 0 fully saturated rings. The smallest absolute Gasteiger partial charge is 0.269 e. The summed E-state index contributed by atoms with van der Waals surface area (Å²) in [6.45, 7) is 0.0222. The van der Waals surface area contributed by atoms with Gasteiger partial charge in [-0.05, 0) is 48.9 Å². The summed E-state index contributed by atoms with van der Waals surface area (Å²) >= 11 is 1.71. The van der Waals surface area contributed by atoms with Crippen molar-refractivity contribution in [3.63, 3.8) is 0 Å². The zero-order valence-corrected chi connectivity index (χ0v) is 16.2. The molecule has 2 aromatic heterocycles. The second kappa shape index (κ2) is 8.31. The molecule has 1 aliphatic carbocycles. The van der Waals surface area contributed by atoms with Gasteiger partial charge in [0.15, 0.2) is 0 Å². The molecule has 2 heterocycles. The third kappa shape index (κ3) is 4.21. The topological polar surface area (TPSA) is 122 Å². The first kappa shape index (κ1) is 18.9. The lowest BCUT2D eigenvalue weighted by atomic mass is 9.97. The molecule has 0 aliphatic heterocycles. The van der Waals surface area contributed by atoms with Crippen LogP contribution in [0.15, 0.2) is 35.7 Å². The quantitative estimate of drug-likeness (QED) is 0.366. The molecule has 9 nitrogen and oxygen atoms in total. The third-order valence-corrected chi connectivity index (χ3v) is 5.87. The standard InChI is InChI=1S/C19H18N6O3S/c26-16(24-23-9-12-5-7-13(8-6-12)25(27)28)10-20-18-17-14-3-1-2-4-15(14)29-19(17)22-11-21-18/h5-9,11H,1-4,10H2,(H,24,26)(H,20,21,22)/b23-9+. The van der Waals surface area contributed by atoms with Gasteiger partial charge in [-0.3, -0.25) is 14.9 Å². The largest absolute Gasteiger partial charge is 0.360 e. The molecule has 0 bridgehead atoms. The number of aryl methyl sites for hydroxylation is 2. The first-order chi connectivity index (χ1) is 14.1. The monoisotopic (exact) mass is 410 g/mol. The molecular formula is C19H18N6O3S. The summed E-state index contributed by atoms with van der Waals surface area (Å²) in [6.07, 6.45) is 7.39. The van der Waals surface area contributed by atoms with Crippen LogP contribution in [0.4, 0.5) is 11.5 Å².